The number of carbonyl (C=O) groups excluding carboxylic acids is 1. The Kier molecular flexibility index (Phi) is 5.94. The molecule has 1 aromatic heterocycles. The molecule has 28 heavy (non-hydrogen) atoms. The monoisotopic (exact) mass is 397 g/mol. The van der Waals surface area contributed by atoms with Crippen LogP contribution in [0.5, 0.6) is 0 Å². The topological polar surface area (TPSA) is 79.4 Å². The largest absolute Gasteiger partial charge is 0.343 e. The van der Waals surface area contributed by atoms with Crippen molar-refractivity contribution in [3.8, 4) is 0 Å². The van der Waals surface area contributed by atoms with E-state index < -0.39 is 10.0 Å². The van der Waals surface area contributed by atoms with E-state index in [4.69, 9.17) is 0 Å². The Labute approximate surface area is 165 Å². The van der Waals surface area contributed by atoms with Gasteiger partial charge in [0, 0.05) is 18.5 Å². The van der Waals surface area contributed by atoms with Crippen molar-refractivity contribution in [2.75, 3.05) is 17.8 Å². The van der Waals surface area contributed by atoms with Crippen LogP contribution in [0, 0.1) is 0 Å². The third-order valence-electron chi connectivity index (χ3n) is 4.53. The van der Waals surface area contributed by atoms with Crippen LogP contribution in [0.25, 0.3) is 10.8 Å². The van der Waals surface area contributed by atoms with Gasteiger partial charge >= 0.3 is 0 Å². The third-order valence-corrected chi connectivity index (χ3v) is 5.95. The van der Waals surface area contributed by atoms with Gasteiger partial charge in [-0.15, -0.1) is 0 Å². The van der Waals surface area contributed by atoms with Gasteiger partial charge in [-0.05, 0) is 37.4 Å². The highest BCUT2D eigenvalue weighted by Crippen LogP contribution is 2.24. The van der Waals surface area contributed by atoms with Crippen LogP contribution in [0.2, 0.25) is 0 Å². The van der Waals surface area contributed by atoms with Gasteiger partial charge in [-0.1, -0.05) is 42.5 Å². The molecule has 1 heterocycles. The smallest absolute Gasteiger partial charge is 0.263 e. The molecule has 0 aliphatic rings. The van der Waals surface area contributed by atoms with Gasteiger partial charge in [-0.2, -0.15) is 0 Å². The van der Waals surface area contributed by atoms with Crippen LogP contribution < -0.4 is 4.72 Å². The first-order valence-electron chi connectivity index (χ1n) is 9.19. The number of carbonyl (C=O) groups is 1. The molecule has 146 valence electrons. The summed E-state index contributed by atoms with van der Waals surface area (Å²) in [5.41, 5.74) is 0.523. The average Bonchev–Trinajstić information content (AvgIpc) is 2.68. The van der Waals surface area contributed by atoms with Crippen molar-refractivity contribution in [1.29, 1.82) is 0 Å². The summed E-state index contributed by atoms with van der Waals surface area (Å²) in [6, 6.07) is 17.4. The quantitative estimate of drug-likeness (QED) is 0.662. The maximum Gasteiger partial charge on any atom is 0.263 e. The van der Waals surface area contributed by atoms with Crippen LogP contribution in [0.15, 0.2) is 65.6 Å². The lowest BCUT2D eigenvalue weighted by molar-refractivity contribution is -0.130. The fourth-order valence-electron chi connectivity index (χ4n) is 3.10. The molecule has 3 aromatic rings. The van der Waals surface area contributed by atoms with E-state index in [-0.39, 0.29) is 23.0 Å². The molecule has 0 aliphatic carbocycles. The van der Waals surface area contributed by atoms with Gasteiger partial charge < -0.3 is 4.90 Å². The Morgan fingerprint density at radius 3 is 2.39 bits per heavy atom. The predicted molar refractivity (Wildman–Crippen MR) is 111 cm³/mol. The Morgan fingerprint density at radius 2 is 1.64 bits per heavy atom. The molecule has 0 spiro atoms. The molecule has 0 aliphatic heterocycles. The van der Waals surface area contributed by atoms with Crippen LogP contribution in [0.3, 0.4) is 0 Å². The lowest BCUT2D eigenvalue weighted by Gasteiger charge is -2.18. The van der Waals surface area contributed by atoms with Gasteiger partial charge in [0.25, 0.3) is 10.0 Å². The maximum absolute atomic E-state index is 12.9. The number of hydrogen-bond acceptors (Lipinski definition) is 4. The molecule has 1 amide bonds. The van der Waals surface area contributed by atoms with Crippen LogP contribution >= 0.6 is 0 Å². The minimum atomic E-state index is -3.82. The lowest BCUT2D eigenvalue weighted by atomic mass is 10.1. The van der Waals surface area contributed by atoms with E-state index in [1.165, 1.54) is 0 Å². The van der Waals surface area contributed by atoms with Crippen LogP contribution in [-0.2, 0) is 21.2 Å². The Hall–Kier alpha value is -2.93. The SMILES string of the molecule is CCN(CC)C(=O)Cc1cccc(NS(=O)(=O)c2cccc3ccccc23)n1. The van der Waals surface area contributed by atoms with Gasteiger partial charge in [0.2, 0.25) is 5.91 Å². The second-order valence-electron chi connectivity index (χ2n) is 6.34. The number of nitrogens with zero attached hydrogens (tertiary/aromatic N) is 2. The molecule has 0 atom stereocenters. The number of pyridine rings is 1. The molecule has 0 fully saturated rings. The molecule has 0 saturated carbocycles. The van der Waals surface area contributed by atoms with E-state index >= 15 is 0 Å². The number of fused-ring (bicyclic) bond motifs is 1. The van der Waals surface area contributed by atoms with E-state index in [1.807, 2.05) is 32.0 Å². The molecule has 0 bridgehead atoms. The first kappa shape index (κ1) is 19.8. The van der Waals surface area contributed by atoms with Gasteiger partial charge in [-0.25, -0.2) is 13.4 Å². The zero-order chi connectivity index (χ0) is 20.1. The summed E-state index contributed by atoms with van der Waals surface area (Å²) < 4.78 is 28.4. The number of rotatable bonds is 7. The summed E-state index contributed by atoms with van der Waals surface area (Å²) in [6.07, 6.45) is 0.130. The predicted octanol–water partition coefficient (Wildman–Crippen LogP) is 3.45. The molecule has 2 aromatic carbocycles. The van der Waals surface area contributed by atoms with Crippen molar-refractivity contribution in [3.63, 3.8) is 0 Å². The highest BCUT2D eigenvalue weighted by molar-refractivity contribution is 7.93. The van der Waals surface area contributed by atoms with E-state index in [9.17, 15) is 13.2 Å². The fourth-order valence-corrected chi connectivity index (χ4v) is 4.33. The van der Waals surface area contributed by atoms with Crippen molar-refractivity contribution in [1.82, 2.24) is 9.88 Å². The van der Waals surface area contributed by atoms with E-state index in [0.717, 1.165) is 5.39 Å². The van der Waals surface area contributed by atoms with Gasteiger partial charge in [-0.3, -0.25) is 9.52 Å². The maximum atomic E-state index is 12.9. The fraction of sp³-hybridized carbons (Fsp3) is 0.238. The Morgan fingerprint density at radius 1 is 0.964 bits per heavy atom. The number of benzene rings is 2. The highest BCUT2D eigenvalue weighted by Gasteiger charge is 2.18. The summed E-state index contributed by atoms with van der Waals surface area (Å²) in [4.78, 5) is 18.5. The molecule has 0 radical (unpaired) electrons. The van der Waals surface area contributed by atoms with Crippen molar-refractivity contribution >= 4 is 32.5 Å². The molecule has 7 heteroatoms. The average molecular weight is 398 g/mol. The Balaban J connectivity index is 1.86. The minimum absolute atomic E-state index is 0.0356. The van der Waals surface area contributed by atoms with E-state index in [1.54, 1.807) is 47.4 Å². The first-order valence-corrected chi connectivity index (χ1v) is 10.7. The number of sulfonamides is 1. The summed E-state index contributed by atoms with van der Waals surface area (Å²) in [6.45, 7) is 5.10. The number of anilines is 1. The number of hydrogen-bond donors (Lipinski definition) is 1. The zero-order valence-corrected chi connectivity index (χ0v) is 16.7. The molecular formula is C21H23N3O3S. The van der Waals surface area contributed by atoms with Crippen molar-refractivity contribution < 1.29 is 13.2 Å². The first-order chi connectivity index (χ1) is 13.4. The molecule has 0 unspecified atom stereocenters. The molecule has 0 saturated heterocycles. The summed E-state index contributed by atoms with van der Waals surface area (Å²) >= 11 is 0. The molecule has 1 N–H and O–H groups in total. The third kappa shape index (κ3) is 4.31. The standard InChI is InChI=1S/C21H23N3O3S/c1-3-24(4-2)21(25)15-17-11-8-14-20(22-17)23-28(26,27)19-13-7-10-16-9-5-6-12-18(16)19/h5-14H,3-4,15H2,1-2H3,(H,22,23). The van der Waals surface area contributed by atoms with Crippen LogP contribution in [-0.4, -0.2) is 37.3 Å². The van der Waals surface area contributed by atoms with Crippen LogP contribution in [0.1, 0.15) is 19.5 Å². The lowest BCUT2D eigenvalue weighted by Crippen LogP contribution is -2.32. The normalized spacial score (nSPS) is 11.4. The second-order valence-corrected chi connectivity index (χ2v) is 7.99. The van der Waals surface area contributed by atoms with Gasteiger partial charge in [0.15, 0.2) is 0 Å². The molecular weight excluding hydrogens is 374 g/mol. The van der Waals surface area contributed by atoms with Gasteiger partial charge in [0.05, 0.1) is 17.0 Å². The van der Waals surface area contributed by atoms with E-state index in [0.29, 0.717) is 24.2 Å². The minimum Gasteiger partial charge on any atom is -0.343 e. The number of aromatic nitrogens is 1. The van der Waals surface area contributed by atoms with Crippen molar-refractivity contribution in [3.05, 3.63) is 66.4 Å². The highest BCUT2D eigenvalue weighted by atomic mass is 32.2. The number of nitrogens with one attached hydrogen (secondary N) is 1. The van der Waals surface area contributed by atoms with E-state index in [2.05, 4.69) is 9.71 Å². The number of likely N-dealkylation sites (N-methyl/N-ethyl adjacent to an activating group) is 1. The molecule has 6 nitrogen and oxygen atoms in total. The summed E-state index contributed by atoms with van der Waals surface area (Å²) in [5, 5.41) is 1.49. The van der Waals surface area contributed by atoms with Gasteiger partial charge in [0.1, 0.15) is 5.82 Å². The zero-order valence-electron chi connectivity index (χ0n) is 15.9. The molecule has 3 rings (SSSR count). The Bertz CT molecular complexity index is 1090. The summed E-state index contributed by atoms with van der Waals surface area (Å²) in [7, 11) is -3.82. The number of amides is 1. The van der Waals surface area contributed by atoms with Crippen molar-refractivity contribution in [2.24, 2.45) is 0 Å². The van der Waals surface area contributed by atoms with Crippen LogP contribution in [0.4, 0.5) is 5.82 Å². The summed E-state index contributed by atoms with van der Waals surface area (Å²) in [5.74, 6) is 0.157. The van der Waals surface area contributed by atoms with Crippen molar-refractivity contribution in [2.45, 2.75) is 25.2 Å². The second kappa shape index (κ2) is 8.39.